The second-order valence-corrected chi connectivity index (χ2v) is 5.49. The van der Waals surface area contributed by atoms with E-state index in [9.17, 15) is 13.6 Å². The van der Waals surface area contributed by atoms with Crippen molar-refractivity contribution in [3.8, 4) is 5.75 Å². The summed E-state index contributed by atoms with van der Waals surface area (Å²) in [4.78, 5) is 16.0. The fraction of sp³-hybridized carbons (Fsp3) is 0.105. The van der Waals surface area contributed by atoms with Crippen LogP contribution in [0.1, 0.15) is 11.1 Å². The first-order valence-corrected chi connectivity index (χ1v) is 8.05. The van der Waals surface area contributed by atoms with Crippen molar-refractivity contribution in [3.05, 3.63) is 78.3 Å². The normalized spacial score (nSPS) is 11.1. The van der Waals surface area contributed by atoms with E-state index >= 15 is 0 Å². The van der Waals surface area contributed by atoms with Gasteiger partial charge >= 0.3 is 6.61 Å². The zero-order valence-corrected chi connectivity index (χ0v) is 14.1. The SMILES string of the molecule is O=C(C=Cc1ccccc1OC(F)F)Nc1ccn(Cc2ccncc2)n1. The summed E-state index contributed by atoms with van der Waals surface area (Å²) in [5.41, 5.74) is 1.40. The quantitative estimate of drug-likeness (QED) is 0.646. The van der Waals surface area contributed by atoms with Crippen molar-refractivity contribution in [2.24, 2.45) is 0 Å². The van der Waals surface area contributed by atoms with E-state index in [4.69, 9.17) is 0 Å². The summed E-state index contributed by atoms with van der Waals surface area (Å²) in [5, 5.41) is 6.88. The molecule has 3 aromatic rings. The molecule has 8 heteroatoms. The van der Waals surface area contributed by atoms with Gasteiger partial charge in [0.15, 0.2) is 5.82 Å². The minimum absolute atomic E-state index is 0.00169. The van der Waals surface area contributed by atoms with Crippen LogP contribution < -0.4 is 10.1 Å². The molecule has 0 saturated carbocycles. The number of benzene rings is 1. The molecule has 0 spiro atoms. The number of hydrogen-bond acceptors (Lipinski definition) is 4. The van der Waals surface area contributed by atoms with E-state index in [1.54, 1.807) is 47.5 Å². The van der Waals surface area contributed by atoms with Crippen molar-refractivity contribution >= 4 is 17.8 Å². The zero-order valence-electron chi connectivity index (χ0n) is 14.1. The molecule has 1 N–H and O–H groups in total. The summed E-state index contributed by atoms with van der Waals surface area (Å²) in [7, 11) is 0. The average Bonchev–Trinajstić information content (AvgIpc) is 3.08. The molecule has 0 fully saturated rings. The summed E-state index contributed by atoms with van der Waals surface area (Å²) >= 11 is 0. The zero-order chi connectivity index (χ0) is 19.1. The highest BCUT2D eigenvalue weighted by Crippen LogP contribution is 2.21. The molecule has 0 atom stereocenters. The van der Waals surface area contributed by atoms with Gasteiger partial charge in [-0.1, -0.05) is 18.2 Å². The lowest BCUT2D eigenvalue weighted by Crippen LogP contribution is -2.09. The Bertz CT molecular complexity index is 926. The van der Waals surface area contributed by atoms with Crippen molar-refractivity contribution in [2.45, 2.75) is 13.2 Å². The second-order valence-electron chi connectivity index (χ2n) is 5.49. The maximum absolute atomic E-state index is 12.4. The van der Waals surface area contributed by atoms with Crippen molar-refractivity contribution in [1.29, 1.82) is 0 Å². The third kappa shape index (κ3) is 5.46. The first-order chi connectivity index (χ1) is 13.1. The Morgan fingerprint density at radius 1 is 1.19 bits per heavy atom. The first-order valence-electron chi connectivity index (χ1n) is 8.05. The van der Waals surface area contributed by atoms with E-state index in [0.717, 1.165) is 5.56 Å². The van der Waals surface area contributed by atoms with Crippen LogP contribution in [0.2, 0.25) is 0 Å². The molecule has 0 aliphatic rings. The number of nitrogens with one attached hydrogen (secondary N) is 1. The lowest BCUT2D eigenvalue weighted by atomic mass is 10.2. The number of ether oxygens (including phenoxy) is 1. The third-order valence-electron chi connectivity index (χ3n) is 3.54. The number of aromatic nitrogens is 3. The summed E-state index contributed by atoms with van der Waals surface area (Å²) in [5.74, 6) is -0.0509. The van der Waals surface area contributed by atoms with Gasteiger partial charge in [-0.05, 0) is 29.8 Å². The maximum atomic E-state index is 12.4. The van der Waals surface area contributed by atoms with Crippen LogP contribution in [0.25, 0.3) is 6.08 Å². The summed E-state index contributed by atoms with van der Waals surface area (Å²) < 4.78 is 30.9. The second kappa shape index (κ2) is 8.70. The molecule has 0 aliphatic carbocycles. The van der Waals surface area contributed by atoms with E-state index in [1.165, 1.54) is 18.2 Å². The Labute approximate surface area is 154 Å². The van der Waals surface area contributed by atoms with Crippen molar-refractivity contribution < 1.29 is 18.3 Å². The van der Waals surface area contributed by atoms with Crippen LogP contribution in [-0.2, 0) is 11.3 Å². The highest BCUT2D eigenvalue weighted by molar-refractivity contribution is 6.01. The Hall–Kier alpha value is -3.55. The third-order valence-corrected chi connectivity index (χ3v) is 3.54. The van der Waals surface area contributed by atoms with E-state index in [1.807, 2.05) is 12.1 Å². The van der Waals surface area contributed by atoms with Crippen LogP contribution in [0, 0.1) is 0 Å². The van der Waals surface area contributed by atoms with Gasteiger partial charge in [0.25, 0.3) is 0 Å². The van der Waals surface area contributed by atoms with Gasteiger partial charge in [-0.3, -0.25) is 14.5 Å². The van der Waals surface area contributed by atoms with Gasteiger partial charge in [-0.15, -0.1) is 0 Å². The highest BCUT2D eigenvalue weighted by atomic mass is 19.3. The number of hydrogen-bond donors (Lipinski definition) is 1. The molecule has 0 bridgehead atoms. The molecule has 0 aliphatic heterocycles. The lowest BCUT2D eigenvalue weighted by molar-refractivity contribution is -0.111. The van der Waals surface area contributed by atoms with Crippen LogP contribution >= 0.6 is 0 Å². The Balaban J connectivity index is 1.61. The van der Waals surface area contributed by atoms with Crippen molar-refractivity contribution in [1.82, 2.24) is 14.8 Å². The number of nitrogens with zero attached hydrogens (tertiary/aromatic N) is 3. The molecule has 1 amide bonds. The lowest BCUT2D eigenvalue weighted by Gasteiger charge is -2.07. The smallest absolute Gasteiger partial charge is 0.387 e. The number of rotatable bonds is 7. The Morgan fingerprint density at radius 3 is 2.74 bits per heavy atom. The summed E-state index contributed by atoms with van der Waals surface area (Å²) in [6.07, 6.45) is 7.77. The minimum atomic E-state index is -2.93. The van der Waals surface area contributed by atoms with Gasteiger partial charge < -0.3 is 10.1 Å². The predicted octanol–water partition coefficient (Wildman–Crippen LogP) is 3.58. The van der Waals surface area contributed by atoms with Gasteiger partial charge in [0.05, 0.1) is 6.54 Å². The van der Waals surface area contributed by atoms with Gasteiger partial charge in [-0.2, -0.15) is 13.9 Å². The number of carbonyl (C=O) groups is 1. The Morgan fingerprint density at radius 2 is 1.96 bits per heavy atom. The van der Waals surface area contributed by atoms with Crippen LogP contribution in [-0.4, -0.2) is 27.3 Å². The van der Waals surface area contributed by atoms with E-state index in [0.29, 0.717) is 17.9 Å². The summed E-state index contributed by atoms with van der Waals surface area (Å²) in [6.45, 7) is -2.38. The van der Waals surface area contributed by atoms with E-state index in [2.05, 4.69) is 20.1 Å². The number of carbonyl (C=O) groups excluding carboxylic acids is 1. The molecule has 138 valence electrons. The van der Waals surface area contributed by atoms with Gasteiger partial charge in [-0.25, -0.2) is 0 Å². The predicted molar refractivity (Wildman–Crippen MR) is 96.3 cm³/mol. The Kier molecular flexibility index (Phi) is 5.88. The number of pyridine rings is 1. The molecule has 0 saturated heterocycles. The van der Waals surface area contributed by atoms with Crippen LogP contribution in [0.4, 0.5) is 14.6 Å². The maximum Gasteiger partial charge on any atom is 0.387 e. The molecule has 6 nitrogen and oxygen atoms in total. The highest BCUT2D eigenvalue weighted by Gasteiger charge is 2.08. The molecule has 0 radical (unpaired) electrons. The molecule has 2 heterocycles. The van der Waals surface area contributed by atoms with Crippen molar-refractivity contribution in [2.75, 3.05) is 5.32 Å². The van der Waals surface area contributed by atoms with Crippen LogP contribution in [0.5, 0.6) is 5.75 Å². The van der Waals surface area contributed by atoms with Gasteiger partial charge in [0, 0.05) is 36.3 Å². The topological polar surface area (TPSA) is 69.0 Å². The monoisotopic (exact) mass is 370 g/mol. The van der Waals surface area contributed by atoms with Crippen LogP contribution in [0.15, 0.2) is 67.1 Å². The summed E-state index contributed by atoms with van der Waals surface area (Å²) in [6, 6.07) is 11.6. The van der Waals surface area contributed by atoms with Crippen LogP contribution in [0.3, 0.4) is 0 Å². The molecular formula is C19H16F2N4O2. The number of anilines is 1. The van der Waals surface area contributed by atoms with Gasteiger partial charge in [0.1, 0.15) is 5.75 Å². The minimum Gasteiger partial charge on any atom is -0.434 e. The number of halogens is 2. The molecule has 3 rings (SSSR count). The molecule has 1 aromatic carbocycles. The van der Waals surface area contributed by atoms with Gasteiger partial charge in [0.2, 0.25) is 5.91 Å². The number of amides is 1. The molecular weight excluding hydrogens is 354 g/mol. The standard InChI is InChI=1S/C19H16F2N4O2/c20-19(21)27-16-4-2-1-3-15(16)5-6-18(26)23-17-9-12-25(24-17)13-14-7-10-22-11-8-14/h1-12,19H,13H2,(H,23,24,26). The van der Waals surface area contributed by atoms with Crippen molar-refractivity contribution in [3.63, 3.8) is 0 Å². The largest absolute Gasteiger partial charge is 0.434 e. The number of alkyl halides is 2. The molecule has 0 unspecified atom stereocenters. The fourth-order valence-corrected chi connectivity index (χ4v) is 2.35. The fourth-order valence-electron chi connectivity index (χ4n) is 2.35. The average molecular weight is 370 g/mol. The van der Waals surface area contributed by atoms with E-state index < -0.39 is 12.5 Å². The molecule has 2 aromatic heterocycles. The molecule has 27 heavy (non-hydrogen) atoms. The van der Waals surface area contributed by atoms with E-state index in [-0.39, 0.29) is 5.75 Å². The number of para-hydroxylation sites is 1. The first kappa shape index (κ1) is 18.2.